The van der Waals surface area contributed by atoms with Gasteiger partial charge in [0.05, 0.1) is 11.7 Å². The predicted molar refractivity (Wildman–Crippen MR) is 49.4 cm³/mol. The van der Waals surface area contributed by atoms with E-state index in [0.717, 1.165) is 25.9 Å². The third kappa shape index (κ3) is 1.46. The standard InChI is InChI=1S/C10H17NO2/c1-3-9(12)11-6-4-10(5-7-11)8(2)13-10/h8H,3-7H2,1-2H3. The second-order valence-corrected chi connectivity index (χ2v) is 4.06. The Bertz CT molecular complexity index is 219. The highest BCUT2D eigenvalue weighted by Gasteiger charge is 2.54. The van der Waals surface area contributed by atoms with Gasteiger partial charge in [-0.15, -0.1) is 0 Å². The average Bonchev–Trinajstić information content (AvgIpc) is 2.76. The summed E-state index contributed by atoms with van der Waals surface area (Å²) in [6.45, 7) is 5.81. The maximum absolute atomic E-state index is 11.4. The number of carbonyl (C=O) groups is 1. The molecule has 3 heteroatoms. The number of amides is 1. The first-order valence-electron chi connectivity index (χ1n) is 5.13. The molecule has 0 saturated carbocycles. The van der Waals surface area contributed by atoms with Gasteiger partial charge in [-0.2, -0.15) is 0 Å². The summed E-state index contributed by atoms with van der Waals surface area (Å²) in [5.74, 6) is 0.281. The fourth-order valence-corrected chi connectivity index (χ4v) is 2.20. The lowest BCUT2D eigenvalue weighted by Gasteiger charge is -2.30. The van der Waals surface area contributed by atoms with E-state index in [1.807, 2.05) is 11.8 Å². The van der Waals surface area contributed by atoms with Gasteiger partial charge < -0.3 is 9.64 Å². The molecule has 0 N–H and O–H groups in total. The first-order valence-corrected chi connectivity index (χ1v) is 5.13. The van der Waals surface area contributed by atoms with E-state index in [1.165, 1.54) is 0 Å². The van der Waals surface area contributed by atoms with E-state index in [-0.39, 0.29) is 11.5 Å². The van der Waals surface area contributed by atoms with E-state index >= 15 is 0 Å². The number of rotatable bonds is 1. The summed E-state index contributed by atoms with van der Waals surface area (Å²) in [4.78, 5) is 13.3. The Balaban J connectivity index is 1.86. The zero-order valence-corrected chi connectivity index (χ0v) is 8.38. The molecule has 2 saturated heterocycles. The first-order chi connectivity index (χ1) is 6.18. The Labute approximate surface area is 79.0 Å². The van der Waals surface area contributed by atoms with Crippen LogP contribution in [0.2, 0.25) is 0 Å². The van der Waals surface area contributed by atoms with E-state index < -0.39 is 0 Å². The van der Waals surface area contributed by atoms with Gasteiger partial charge in [-0.3, -0.25) is 4.79 Å². The SMILES string of the molecule is CCC(=O)N1CCC2(CC1)OC2C. The third-order valence-corrected chi connectivity index (χ3v) is 3.36. The number of likely N-dealkylation sites (tertiary alicyclic amines) is 1. The Kier molecular flexibility index (Phi) is 2.06. The van der Waals surface area contributed by atoms with Crippen molar-refractivity contribution in [3.8, 4) is 0 Å². The van der Waals surface area contributed by atoms with Crippen molar-refractivity contribution in [3.05, 3.63) is 0 Å². The average molecular weight is 183 g/mol. The molecule has 1 spiro atoms. The molecule has 13 heavy (non-hydrogen) atoms. The largest absolute Gasteiger partial charge is 0.366 e. The summed E-state index contributed by atoms with van der Waals surface area (Å²) in [6.07, 6.45) is 3.11. The molecule has 2 rings (SSSR count). The maximum atomic E-state index is 11.4. The van der Waals surface area contributed by atoms with Crippen molar-refractivity contribution in [1.82, 2.24) is 4.90 Å². The fraction of sp³-hybridized carbons (Fsp3) is 0.900. The molecule has 2 aliphatic rings. The number of hydrogen-bond donors (Lipinski definition) is 0. The second-order valence-electron chi connectivity index (χ2n) is 4.06. The molecule has 2 fully saturated rings. The normalized spacial score (nSPS) is 30.6. The zero-order chi connectivity index (χ0) is 9.47. The Morgan fingerprint density at radius 3 is 2.46 bits per heavy atom. The van der Waals surface area contributed by atoms with Crippen LogP contribution in [0.15, 0.2) is 0 Å². The molecule has 0 aromatic carbocycles. The van der Waals surface area contributed by atoms with Crippen molar-refractivity contribution < 1.29 is 9.53 Å². The van der Waals surface area contributed by atoms with Crippen molar-refractivity contribution in [3.63, 3.8) is 0 Å². The van der Waals surface area contributed by atoms with E-state index in [2.05, 4.69) is 6.92 Å². The van der Waals surface area contributed by atoms with Crippen LogP contribution in [0.1, 0.15) is 33.1 Å². The number of piperidine rings is 1. The van der Waals surface area contributed by atoms with Crippen LogP contribution in [-0.2, 0) is 9.53 Å². The van der Waals surface area contributed by atoms with Gasteiger partial charge in [0.2, 0.25) is 5.91 Å². The predicted octanol–water partition coefficient (Wildman–Crippen LogP) is 1.18. The van der Waals surface area contributed by atoms with Crippen LogP contribution < -0.4 is 0 Å². The third-order valence-electron chi connectivity index (χ3n) is 3.36. The summed E-state index contributed by atoms with van der Waals surface area (Å²) in [5.41, 5.74) is 0.157. The Morgan fingerprint density at radius 2 is 2.08 bits per heavy atom. The van der Waals surface area contributed by atoms with Crippen LogP contribution in [0.4, 0.5) is 0 Å². The first kappa shape index (κ1) is 9.00. The minimum Gasteiger partial charge on any atom is -0.366 e. The second kappa shape index (κ2) is 2.98. The lowest BCUT2D eigenvalue weighted by molar-refractivity contribution is -0.132. The number of nitrogens with zero attached hydrogens (tertiary/aromatic N) is 1. The van der Waals surface area contributed by atoms with E-state index in [1.54, 1.807) is 0 Å². The number of carbonyl (C=O) groups excluding carboxylic acids is 1. The summed E-state index contributed by atoms with van der Waals surface area (Å²) in [6, 6.07) is 0. The fourth-order valence-electron chi connectivity index (χ4n) is 2.20. The minimum atomic E-state index is 0.157. The van der Waals surface area contributed by atoms with Gasteiger partial charge in [0.15, 0.2) is 0 Å². The van der Waals surface area contributed by atoms with Gasteiger partial charge in [-0.25, -0.2) is 0 Å². The summed E-state index contributed by atoms with van der Waals surface area (Å²) in [5, 5.41) is 0. The highest BCUT2D eigenvalue weighted by molar-refractivity contribution is 5.75. The Morgan fingerprint density at radius 1 is 1.54 bits per heavy atom. The molecule has 74 valence electrons. The number of epoxide rings is 1. The van der Waals surface area contributed by atoms with Crippen LogP contribution >= 0.6 is 0 Å². The monoisotopic (exact) mass is 183 g/mol. The quantitative estimate of drug-likeness (QED) is 0.572. The number of ether oxygens (including phenoxy) is 1. The lowest BCUT2D eigenvalue weighted by Crippen LogP contribution is -2.41. The summed E-state index contributed by atoms with van der Waals surface area (Å²) in [7, 11) is 0. The molecule has 0 radical (unpaired) electrons. The van der Waals surface area contributed by atoms with Crippen molar-refractivity contribution >= 4 is 5.91 Å². The van der Waals surface area contributed by atoms with Gasteiger partial charge in [-0.1, -0.05) is 6.92 Å². The van der Waals surface area contributed by atoms with Gasteiger partial charge in [0.1, 0.15) is 0 Å². The smallest absolute Gasteiger partial charge is 0.222 e. The molecule has 1 amide bonds. The highest BCUT2D eigenvalue weighted by atomic mass is 16.6. The van der Waals surface area contributed by atoms with Crippen molar-refractivity contribution in [2.24, 2.45) is 0 Å². The van der Waals surface area contributed by atoms with Crippen molar-refractivity contribution in [2.45, 2.75) is 44.8 Å². The lowest BCUT2D eigenvalue weighted by atomic mass is 9.93. The summed E-state index contributed by atoms with van der Waals surface area (Å²) >= 11 is 0. The molecule has 1 atom stereocenters. The van der Waals surface area contributed by atoms with Gasteiger partial charge in [-0.05, 0) is 19.8 Å². The highest BCUT2D eigenvalue weighted by Crippen LogP contribution is 2.44. The molecule has 0 aromatic rings. The maximum Gasteiger partial charge on any atom is 0.222 e. The molecular weight excluding hydrogens is 166 g/mol. The zero-order valence-electron chi connectivity index (χ0n) is 8.38. The molecule has 3 nitrogen and oxygen atoms in total. The van der Waals surface area contributed by atoms with E-state index in [4.69, 9.17) is 4.74 Å². The van der Waals surface area contributed by atoms with Crippen molar-refractivity contribution in [2.75, 3.05) is 13.1 Å². The van der Waals surface area contributed by atoms with E-state index in [0.29, 0.717) is 12.5 Å². The number of hydrogen-bond acceptors (Lipinski definition) is 2. The van der Waals surface area contributed by atoms with Gasteiger partial charge >= 0.3 is 0 Å². The van der Waals surface area contributed by atoms with Crippen LogP contribution in [0.3, 0.4) is 0 Å². The minimum absolute atomic E-state index is 0.157. The molecule has 0 aliphatic carbocycles. The van der Waals surface area contributed by atoms with Gasteiger partial charge in [0, 0.05) is 19.5 Å². The van der Waals surface area contributed by atoms with Crippen molar-refractivity contribution in [1.29, 1.82) is 0 Å². The summed E-state index contributed by atoms with van der Waals surface area (Å²) < 4.78 is 5.57. The van der Waals surface area contributed by atoms with E-state index in [9.17, 15) is 4.79 Å². The molecule has 2 aliphatic heterocycles. The topological polar surface area (TPSA) is 32.8 Å². The molecule has 0 bridgehead atoms. The molecule has 1 unspecified atom stereocenters. The van der Waals surface area contributed by atoms with Crippen LogP contribution in [0.5, 0.6) is 0 Å². The molecule has 2 heterocycles. The molecule has 0 aromatic heterocycles. The van der Waals surface area contributed by atoms with Crippen LogP contribution in [0.25, 0.3) is 0 Å². The van der Waals surface area contributed by atoms with Crippen LogP contribution in [0, 0.1) is 0 Å². The molecular formula is C10H17NO2. The Hall–Kier alpha value is -0.570. The van der Waals surface area contributed by atoms with Crippen LogP contribution in [-0.4, -0.2) is 35.6 Å². The van der Waals surface area contributed by atoms with Gasteiger partial charge in [0.25, 0.3) is 0 Å².